The minimum absolute atomic E-state index is 0.0429. The number of ether oxygens (including phenoxy) is 3. The Balaban J connectivity index is 1.90. The summed E-state index contributed by atoms with van der Waals surface area (Å²) < 4.78 is 17.0. The van der Waals surface area contributed by atoms with Gasteiger partial charge in [0.15, 0.2) is 6.29 Å². The topological polar surface area (TPSA) is 65.0 Å². The molecule has 0 aromatic heterocycles. The number of hydrogen-bond acceptors (Lipinski definition) is 4. The number of hydrogen-bond donors (Lipinski definition) is 1. The number of carbonyl (C=O) groups is 1. The van der Waals surface area contributed by atoms with Crippen molar-refractivity contribution in [2.45, 2.75) is 39.6 Å². The lowest BCUT2D eigenvalue weighted by molar-refractivity contribution is -0.207. The van der Waals surface area contributed by atoms with Crippen LogP contribution in [0.2, 0.25) is 0 Å². The predicted octanol–water partition coefficient (Wildman–Crippen LogP) is 3.33. The third-order valence-electron chi connectivity index (χ3n) is 4.64. The van der Waals surface area contributed by atoms with Crippen LogP contribution in [0.3, 0.4) is 0 Å². The van der Waals surface area contributed by atoms with Crippen molar-refractivity contribution in [3.05, 3.63) is 35.9 Å². The van der Waals surface area contributed by atoms with Gasteiger partial charge in [0.2, 0.25) is 0 Å². The van der Waals surface area contributed by atoms with Crippen LogP contribution < -0.4 is 0 Å². The summed E-state index contributed by atoms with van der Waals surface area (Å²) in [4.78, 5) is 11.7. The molecule has 1 aromatic carbocycles. The van der Waals surface area contributed by atoms with Gasteiger partial charge in [-0.2, -0.15) is 0 Å². The molecule has 1 aromatic rings. The van der Waals surface area contributed by atoms with Crippen LogP contribution in [0.5, 0.6) is 0 Å². The number of carboxylic acid groups (broad SMARTS) is 1. The quantitative estimate of drug-likeness (QED) is 0.628. The van der Waals surface area contributed by atoms with Gasteiger partial charge in [-0.1, -0.05) is 30.3 Å². The molecular weight excluding hydrogens is 308 g/mol. The molecule has 3 atom stereocenters. The number of aliphatic carboxylic acids is 1. The standard InChI is InChI=1S/C19H28O5/c1-3-23-19(24-4-2)16-11-10-15(16)17(18(20)21)13-22-12-14-8-6-5-7-9-14/h5-9,15-17,19H,3-4,10-13H2,1-2H3,(H,20,21). The predicted molar refractivity (Wildman–Crippen MR) is 90.5 cm³/mol. The molecule has 0 saturated heterocycles. The van der Waals surface area contributed by atoms with Gasteiger partial charge >= 0.3 is 5.97 Å². The molecule has 5 nitrogen and oxygen atoms in total. The Bertz CT molecular complexity index is 484. The minimum Gasteiger partial charge on any atom is -0.481 e. The molecule has 0 radical (unpaired) electrons. The highest BCUT2D eigenvalue weighted by molar-refractivity contribution is 5.70. The van der Waals surface area contributed by atoms with Crippen LogP contribution in [-0.4, -0.2) is 37.2 Å². The van der Waals surface area contributed by atoms with E-state index in [0.717, 1.165) is 18.4 Å². The lowest BCUT2D eigenvalue weighted by Gasteiger charge is -2.43. The fourth-order valence-electron chi connectivity index (χ4n) is 3.27. The second-order valence-corrected chi connectivity index (χ2v) is 6.13. The third-order valence-corrected chi connectivity index (χ3v) is 4.64. The molecule has 1 aliphatic carbocycles. The first-order valence-corrected chi connectivity index (χ1v) is 8.75. The summed E-state index contributed by atoms with van der Waals surface area (Å²) in [6.07, 6.45) is 1.51. The molecular formula is C19H28O5. The fourth-order valence-corrected chi connectivity index (χ4v) is 3.27. The molecule has 0 spiro atoms. The maximum Gasteiger partial charge on any atom is 0.309 e. The second kappa shape index (κ2) is 9.77. The summed E-state index contributed by atoms with van der Waals surface area (Å²) in [5.74, 6) is -1.15. The molecule has 5 heteroatoms. The van der Waals surface area contributed by atoms with Crippen molar-refractivity contribution in [3.8, 4) is 0 Å². The molecule has 1 saturated carbocycles. The second-order valence-electron chi connectivity index (χ2n) is 6.13. The zero-order chi connectivity index (χ0) is 17.4. The zero-order valence-electron chi connectivity index (χ0n) is 14.5. The van der Waals surface area contributed by atoms with E-state index in [1.807, 2.05) is 44.2 Å². The Morgan fingerprint density at radius 3 is 2.25 bits per heavy atom. The Labute approximate surface area is 143 Å². The first kappa shape index (κ1) is 18.9. The molecule has 3 unspecified atom stereocenters. The maximum absolute atomic E-state index is 11.7. The van der Waals surface area contributed by atoms with E-state index >= 15 is 0 Å². The first-order valence-electron chi connectivity index (χ1n) is 8.75. The van der Waals surface area contributed by atoms with Crippen molar-refractivity contribution < 1.29 is 24.1 Å². The van der Waals surface area contributed by atoms with Crippen LogP contribution in [0, 0.1) is 17.8 Å². The lowest BCUT2D eigenvalue weighted by atomic mass is 9.66. The molecule has 134 valence electrons. The van der Waals surface area contributed by atoms with E-state index in [0.29, 0.717) is 19.8 Å². The highest BCUT2D eigenvalue weighted by Crippen LogP contribution is 2.43. The summed E-state index contributed by atoms with van der Waals surface area (Å²) in [7, 11) is 0. The van der Waals surface area contributed by atoms with Gasteiger partial charge in [-0.25, -0.2) is 0 Å². The number of benzene rings is 1. The zero-order valence-corrected chi connectivity index (χ0v) is 14.5. The minimum atomic E-state index is -0.801. The van der Waals surface area contributed by atoms with Crippen LogP contribution in [0.25, 0.3) is 0 Å². The average molecular weight is 336 g/mol. The molecule has 0 aliphatic heterocycles. The van der Waals surface area contributed by atoms with Crippen LogP contribution in [-0.2, 0) is 25.6 Å². The van der Waals surface area contributed by atoms with Gasteiger partial charge in [0.05, 0.1) is 19.1 Å². The average Bonchev–Trinajstić information content (AvgIpc) is 2.54. The van der Waals surface area contributed by atoms with Gasteiger partial charge in [0, 0.05) is 19.1 Å². The summed E-state index contributed by atoms with van der Waals surface area (Å²) in [6, 6.07) is 9.79. The summed E-state index contributed by atoms with van der Waals surface area (Å²) in [6.45, 7) is 5.64. The maximum atomic E-state index is 11.7. The molecule has 24 heavy (non-hydrogen) atoms. The molecule has 0 amide bonds. The molecule has 1 fully saturated rings. The summed E-state index contributed by atoms with van der Waals surface area (Å²) in [5.41, 5.74) is 1.05. The van der Waals surface area contributed by atoms with Crippen molar-refractivity contribution in [1.82, 2.24) is 0 Å². The summed E-state index contributed by atoms with van der Waals surface area (Å²) in [5, 5.41) is 9.60. The molecule has 0 bridgehead atoms. The monoisotopic (exact) mass is 336 g/mol. The Kier molecular flexibility index (Phi) is 7.69. The van der Waals surface area contributed by atoms with Crippen molar-refractivity contribution in [3.63, 3.8) is 0 Å². The van der Waals surface area contributed by atoms with Crippen LogP contribution >= 0.6 is 0 Å². The summed E-state index contributed by atoms with van der Waals surface area (Å²) >= 11 is 0. The van der Waals surface area contributed by atoms with Gasteiger partial charge in [0.1, 0.15) is 0 Å². The van der Waals surface area contributed by atoms with E-state index in [-0.39, 0.29) is 24.7 Å². The highest BCUT2D eigenvalue weighted by Gasteiger charge is 2.45. The van der Waals surface area contributed by atoms with Gasteiger partial charge < -0.3 is 19.3 Å². The Hall–Kier alpha value is -1.43. The molecule has 1 N–H and O–H groups in total. The number of carboxylic acids is 1. The highest BCUT2D eigenvalue weighted by atomic mass is 16.7. The van der Waals surface area contributed by atoms with Crippen molar-refractivity contribution in [1.29, 1.82) is 0 Å². The van der Waals surface area contributed by atoms with Crippen molar-refractivity contribution in [2.24, 2.45) is 17.8 Å². The van der Waals surface area contributed by atoms with E-state index in [2.05, 4.69) is 0 Å². The molecule has 2 rings (SSSR count). The fraction of sp³-hybridized carbons (Fsp3) is 0.632. The van der Waals surface area contributed by atoms with Crippen LogP contribution in [0.1, 0.15) is 32.3 Å². The van der Waals surface area contributed by atoms with Gasteiger partial charge in [-0.3, -0.25) is 4.79 Å². The van der Waals surface area contributed by atoms with E-state index in [4.69, 9.17) is 14.2 Å². The van der Waals surface area contributed by atoms with Gasteiger partial charge in [-0.15, -0.1) is 0 Å². The van der Waals surface area contributed by atoms with Crippen LogP contribution in [0.15, 0.2) is 30.3 Å². The largest absolute Gasteiger partial charge is 0.481 e. The SMILES string of the molecule is CCOC(OCC)C1CCC1C(COCc1ccccc1)C(=O)O. The van der Waals surface area contributed by atoms with Gasteiger partial charge in [-0.05, 0) is 38.2 Å². The van der Waals surface area contributed by atoms with E-state index < -0.39 is 11.9 Å². The van der Waals surface area contributed by atoms with E-state index in [1.165, 1.54) is 0 Å². The third kappa shape index (κ3) is 5.03. The number of rotatable bonds is 11. The van der Waals surface area contributed by atoms with E-state index in [9.17, 15) is 9.90 Å². The lowest BCUT2D eigenvalue weighted by Crippen LogP contribution is -2.46. The Morgan fingerprint density at radius 1 is 1.12 bits per heavy atom. The van der Waals surface area contributed by atoms with Gasteiger partial charge in [0.25, 0.3) is 0 Å². The van der Waals surface area contributed by atoms with Crippen molar-refractivity contribution >= 4 is 5.97 Å². The molecule has 1 aliphatic rings. The van der Waals surface area contributed by atoms with Crippen LogP contribution in [0.4, 0.5) is 0 Å². The normalized spacial score (nSPS) is 21.5. The van der Waals surface area contributed by atoms with E-state index in [1.54, 1.807) is 0 Å². The smallest absolute Gasteiger partial charge is 0.309 e. The van der Waals surface area contributed by atoms with Crippen molar-refractivity contribution in [2.75, 3.05) is 19.8 Å². The molecule has 0 heterocycles. The first-order chi connectivity index (χ1) is 11.7. The Morgan fingerprint density at radius 2 is 1.75 bits per heavy atom.